The zero-order valence-electron chi connectivity index (χ0n) is 9.03. The Morgan fingerprint density at radius 2 is 2.27 bits per heavy atom. The summed E-state index contributed by atoms with van der Waals surface area (Å²) in [5, 5.41) is 8.64. The lowest BCUT2D eigenvalue weighted by atomic mass is 10.4. The summed E-state index contributed by atoms with van der Waals surface area (Å²) in [4.78, 5) is 11.2. The Morgan fingerprint density at radius 3 is 2.73 bits per heavy atom. The van der Waals surface area contributed by atoms with Gasteiger partial charge in [-0.25, -0.2) is 0 Å². The highest BCUT2D eigenvalue weighted by molar-refractivity contribution is 5.17. The van der Waals surface area contributed by atoms with Crippen LogP contribution < -0.4 is 10.2 Å². The molecule has 4 nitrogen and oxygen atoms in total. The van der Waals surface area contributed by atoms with Crippen LogP contribution in [0.4, 0.5) is 0 Å². The maximum atomic E-state index is 11.2. The van der Waals surface area contributed by atoms with Gasteiger partial charge in [0.05, 0.1) is 0 Å². The van der Waals surface area contributed by atoms with Gasteiger partial charge >= 0.3 is 0 Å². The number of hydrogen-bond acceptors (Lipinski definition) is 4. The highest BCUT2D eigenvalue weighted by Gasteiger charge is 2.02. The van der Waals surface area contributed by atoms with Gasteiger partial charge in [-0.2, -0.15) is 0 Å². The van der Waals surface area contributed by atoms with Gasteiger partial charge in [0, 0.05) is 6.07 Å². The average molecular weight is 212 g/mol. The van der Waals surface area contributed by atoms with Gasteiger partial charge in [0.1, 0.15) is 25.2 Å². The minimum Gasteiger partial charge on any atom is -0.482 e. The summed E-state index contributed by atoms with van der Waals surface area (Å²) >= 11 is 0. The van der Waals surface area contributed by atoms with Gasteiger partial charge in [-0.1, -0.05) is 26.5 Å². The van der Waals surface area contributed by atoms with Crippen molar-refractivity contribution in [1.82, 2.24) is 0 Å². The topological polar surface area (TPSA) is 59.7 Å². The van der Waals surface area contributed by atoms with Gasteiger partial charge in [0.2, 0.25) is 11.2 Å². The average Bonchev–Trinajstić information content (AvgIpc) is 2.30. The highest BCUT2D eigenvalue weighted by atomic mass is 16.5. The summed E-state index contributed by atoms with van der Waals surface area (Å²) in [6.07, 6.45) is 2.71. The maximum absolute atomic E-state index is 11.2. The summed E-state index contributed by atoms with van der Waals surface area (Å²) in [5.41, 5.74) is -0.308. The Labute approximate surface area is 88.8 Å². The van der Waals surface area contributed by atoms with Gasteiger partial charge in [-0.05, 0) is 0 Å². The van der Waals surface area contributed by atoms with E-state index >= 15 is 0 Å². The van der Waals surface area contributed by atoms with Crippen LogP contribution in [0.3, 0.4) is 0 Å². The molecular formula is C11H16O4. The number of hydrogen-bond donors (Lipinski definition) is 1. The van der Waals surface area contributed by atoms with Crippen LogP contribution >= 0.6 is 0 Å². The Morgan fingerprint density at radius 1 is 1.60 bits per heavy atom. The fraction of sp³-hybridized carbons (Fsp3) is 0.364. The number of aliphatic hydroxyl groups excluding tert-OH is 1. The maximum Gasteiger partial charge on any atom is 0.227 e. The van der Waals surface area contributed by atoms with E-state index in [9.17, 15) is 4.79 Å². The lowest BCUT2D eigenvalue weighted by molar-refractivity contribution is 0.239. The number of aliphatic hydroxyl groups is 1. The summed E-state index contributed by atoms with van der Waals surface area (Å²) in [5.74, 6) is 0.341. The fourth-order valence-corrected chi connectivity index (χ4v) is 0.775. The molecule has 0 radical (unpaired) electrons. The Hall–Kier alpha value is -1.55. The molecule has 0 fully saturated rings. The van der Waals surface area contributed by atoms with Gasteiger partial charge in [0.25, 0.3) is 0 Å². The van der Waals surface area contributed by atoms with E-state index in [4.69, 9.17) is 14.3 Å². The van der Waals surface area contributed by atoms with Crippen molar-refractivity contribution in [3.63, 3.8) is 0 Å². The smallest absolute Gasteiger partial charge is 0.227 e. The van der Waals surface area contributed by atoms with Crippen molar-refractivity contribution in [2.24, 2.45) is 0 Å². The zero-order valence-corrected chi connectivity index (χ0v) is 9.03. The van der Waals surface area contributed by atoms with Crippen LogP contribution in [0.25, 0.3) is 0 Å². The molecule has 0 unspecified atom stereocenters. The minimum atomic E-state index is -0.308. The van der Waals surface area contributed by atoms with E-state index in [0.29, 0.717) is 0 Å². The quantitative estimate of drug-likeness (QED) is 0.772. The van der Waals surface area contributed by atoms with Crippen molar-refractivity contribution < 1.29 is 14.3 Å². The van der Waals surface area contributed by atoms with Crippen LogP contribution in [-0.4, -0.2) is 11.7 Å². The number of ether oxygens (including phenoxy) is 1. The van der Waals surface area contributed by atoms with E-state index in [2.05, 4.69) is 6.58 Å². The predicted octanol–water partition coefficient (Wildman–Crippen LogP) is 1.72. The molecule has 0 atom stereocenters. The lowest BCUT2D eigenvalue weighted by Gasteiger charge is -2.01. The van der Waals surface area contributed by atoms with Crippen molar-refractivity contribution in [1.29, 1.82) is 0 Å². The van der Waals surface area contributed by atoms with Gasteiger partial charge in [-0.15, -0.1) is 0 Å². The largest absolute Gasteiger partial charge is 0.482 e. The molecule has 0 aliphatic carbocycles. The summed E-state index contributed by atoms with van der Waals surface area (Å²) < 4.78 is 9.86. The summed E-state index contributed by atoms with van der Waals surface area (Å²) in [6.45, 7) is 7.40. The molecular weight excluding hydrogens is 196 g/mol. The van der Waals surface area contributed by atoms with Gasteiger partial charge in [-0.3, -0.25) is 4.79 Å². The molecule has 1 rings (SSSR count). The minimum absolute atomic E-state index is 0.122. The van der Waals surface area contributed by atoms with Crippen molar-refractivity contribution >= 4 is 0 Å². The van der Waals surface area contributed by atoms with Crippen LogP contribution in [0.1, 0.15) is 19.6 Å². The van der Waals surface area contributed by atoms with Crippen LogP contribution in [0.15, 0.2) is 34.2 Å². The van der Waals surface area contributed by atoms with Gasteiger partial charge in [0.15, 0.2) is 0 Å². The standard InChI is InChI=1S/C9H10O4.C2H6/c1-2-3-12-9-6-13-7(5-10)4-8(9)11;1-2/h2,4,6,10H,1,3,5H2;1-2H3. The molecule has 1 aromatic heterocycles. The molecule has 4 heteroatoms. The normalized spacial score (nSPS) is 8.73. The molecule has 0 aromatic carbocycles. The number of rotatable bonds is 4. The molecule has 1 N–H and O–H groups in total. The van der Waals surface area contributed by atoms with E-state index in [0.717, 1.165) is 0 Å². The van der Waals surface area contributed by atoms with Crippen LogP contribution in [0, 0.1) is 0 Å². The first kappa shape index (κ1) is 13.4. The molecule has 0 aliphatic rings. The fourth-order valence-electron chi connectivity index (χ4n) is 0.775. The van der Waals surface area contributed by atoms with E-state index in [-0.39, 0.29) is 30.2 Å². The molecule has 0 saturated heterocycles. The molecule has 0 saturated carbocycles. The van der Waals surface area contributed by atoms with E-state index < -0.39 is 0 Å². The third-order valence-electron chi connectivity index (χ3n) is 1.36. The van der Waals surface area contributed by atoms with Gasteiger partial charge < -0.3 is 14.3 Å². The van der Waals surface area contributed by atoms with Crippen LogP contribution in [0.5, 0.6) is 5.75 Å². The first-order valence-corrected chi connectivity index (χ1v) is 4.74. The monoisotopic (exact) mass is 212 g/mol. The van der Waals surface area contributed by atoms with E-state index in [1.54, 1.807) is 0 Å². The second kappa shape index (κ2) is 7.82. The summed E-state index contributed by atoms with van der Waals surface area (Å²) in [7, 11) is 0. The van der Waals surface area contributed by atoms with Crippen molar-refractivity contribution in [2.75, 3.05) is 6.61 Å². The molecule has 0 bridgehead atoms. The molecule has 84 valence electrons. The second-order valence-corrected chi connectivity index (χ2v) is 2.33. The van der Waals surface area contributed by atoms with Crippen molar-refractivity contribution in [3.8, 4) is 5.75 Å². The van der Waals surface area contributed by atoms with Crippen molar-refractivity contribution in [3.05, 3.63) is 41.0 Å². The third-order valence-corrected chi connectivity index (χ3v) is 1.36. The molecule has 0 aliphatic heterocycles. The first-order valence-electron chi connectivity index (χ1n) is 4.74. The zero-order chi connectivity index (χ0) is 11.7. The van der Waals surface area contributed by atoms with E-state index in [1.165, 1.54) is 18.4 Å². The predicted molar refractivity (Wildman–Crippen MR) is 57.9 cm³/mol. The molecule has 0 spiro atoms. The lowest BCUT2D eigenvalue weighted by Crippen LogP contribution is -2.07. The molecule has 1 aromatic rings. The van der Waals surface area contributed by atoms with Crippen LogP contribution in [-0.2, 0) is 6.61 Å². The Bertz CT molecular complexity index is 341. The third kappa shape index (κ3) is 4.46. The second-order valence-electron chi connectivity index (χ2n) is 2.33. The molecule has 1 heterocycles. The highest BCUT2D eigenvalue weighted by Crippen LogP contribution is 2.05. The molecule has 15 heavy (non-hydrogen) atoms. The SMILES string of the molecule is C=CCOc1coc(CO)cc1=O.CC. The Kier molecular flexibility index (Phi) is 7.01. The van der Waals surface area contributed by atoms with E-state index in [1.807, 2.05) is 13.8 Å². The summed E-state index contributed by atoms with van der Waals surface area (Å²) in [6, 6.07) is 1.19. The Balaban J connectivity index is 0.000000921. The first-order chi connectivity index (χ1) is 7.27. The van der Waals surface area contributed by atoms with Crippen molar-refractivity contribution in [2.45, 2.75) is 20.5 Å². The molecule has 0 amide bonds. The van der Waals surface area contributed by atoms with Crippen LogP contribution in [0.2, 0.25) is 0 Å².